The highest BCUT2D eigenvalue weighted by Gasteiger charge is 2.24. The van der Waals surface area contributed by atoms with Crippen LogP contribution in [0, 0.1) is 5.92 Å². The maximum atomic E-state index is 6.23. The van der Waals surface area contributed by atoms with E-state index in [2.05, 4.69) is 60.4 Å². The van der Waals surface area contributed by atoms with Crippen LogP contribution < -0.4 is 0 Å². The molecule has 1 heterocycles. The van der Waals surface area contributed by atoms with E-state index in [0.717, 1.165) is 32.0 Å². The van der Waals surface area contributed by atoms with Gasteiger partial charge in [-0.2, -0.15) is 0 Å². The van der Waals surface area contributed by atoms with Gasteiger partial charge >= 0.3 is 0 Å². The third-order valence-corrected chi connectivity index (χ3v) is 6.57. The highest BCUT2D eigenvalue weighted by Crippen LogP contribution is 2.29. The Hall–Kier alpha value is -1.06. The normalized spacial score (nSPS) is 17.4. The first-order valence-corrected chi connectivity index (χ1v) is 10.8. The minimum atomic E-state index is 0.465. The molecule has 0 bridgehead atoms. The van der Waals surface area contributed by atoms with Crippen LogP contribution in [0.5, 0.6) is 0 Å². The summed E-state index contributed by atoms with van der Waals surface area (Å²) in [6.45, 7) is 5.54. The Morgan fingerprint density at radius 1 is 1.04 bits per heavy atom. The number of nitrogens with zero attached hydrogens (tertiary/aromatic N) is 2. The van der Waals surface area contributed by atoms with Crippen molar-refractivity contribution >= 4 is 23.2 Å². The Kier molecular flexibility index (Phi) is 7.60. The van der Waals surface area contributed by atoms with E-state index >= 15 is 0 Å². The van der Waals surface area contributed by atoms with Gasteiger partial charge in [-0.25, -0.2) is 10.0 Å². The molecule has 1 aliphatic heterocycles. The van der Waals surface area contributed by atoms with Gasteiger partial charge in [0.25, 0.3) is 0 Å². The van der Waals surface area contributed by atoms with Crippen molar-refractivity contribution in [3.05, 3.63) is 69.7 Å². The van der Waals surface area contributed by atoms with E-state index in [0.29, 0.717) is 16.0 Å². The first kappa shape index (κ1) is 20.7. The summed E-state index contributed by atoms with van der Waals surface area (Å²) in [7, 11) is 2.22. The SMILES string of the molecule is CCC(CN(C)N1CCC(Cc2ccccc2)CC1)c1ccc(Cl)c(Cl)c1. The van der Waals surface area contributed by atoms with Crippen molar-refractivity contribution in [2.24, 2.45) is 5.92 Å². The molecule has 1 saturated heterocycles. The smallest absolute Gasteiger partial charge is 0.0595 e. The Balaban J connectivity index is 1.52. The van der Waals surface area contributed by atoms with Crippen LogP contribution in [0.2, 0.25) is 10.0 Å². The van der Waals surface area contributed by atoms with Crippen LogP contribution >= 0.6 is 23.2 Å². The molecule has 0 aromatic heterocycles. The van der Waals surface area contributed by atoms with Crippen LogP contribution in [-0.2, 0) is 6.42 Å². The molecule has 27 heavy (non-hydrogen) atoms. The Morgan fingerprint density at radius 3 is 2.37 bits per heavy atom. The van der Waals surface area contributed by atoms with Gasteiger partial charge in [-0.05, 0) is 60.8 Å². The molecule has 0 spiro atoms. The standard InChI is InChI=1S/C23H30Cl2N2/c1-3-20(21-9-10-22(24)23(25)16-21)17-26(2)27-13-11-19(12-14-27)15-18-7-5-4-6-8-18/h4-10,16,19-20H,3,11-15,17H2,1-2H3. The van der Waals surface area contributed by atoms with Crippen molar-refractivity contribution < 1.29 is 0 Å². The molecule has 1 aliphatic rings. The van der Waals surface area contributed by atoms with Gasteiger partial charge in [-0.15, -0.1) is 0 Å². The zero-order chi connectivity index (χ0) is 19.2. The lowest BCUT2D eigenvalue weighted by Crippen LogP contribution is -2.46. The number of hydrogen-bond donors (Lipinski definition) is 0. The van der Waals surface area contributed by atoms with Gasteiger partial charge in [-0.1, -0.05) is 66.5 Å². The van der Waals surface area contributed by atoms with Crippen LogP contribution in [0.15, 0.2) is 48.5 Å². The fourth-order valence-corrected chi connectivity index (χ4v) is 4.39. The van der Waals surface area contributed by atoms with E-state index < -0.39 is 0 Å². The molecule has 0 aliphatic carbocycles. The van der Waals surface area contributed by atoms with Gasteiger partial charge in [0, 0.05) is 26.7 Å². The number of piperidine rings is 1. The van der Waals surface area contributed by atoms with Crippen LogP contribution in [-0.4, -0.2) is 36.7 Å². The number of halogens is 2. The summed E-state index contributed by atoms with van der Waals surface area (Å²) in [5.74, 6) is 1.26. The number of benzene rings is 2. The quantitative estimate of drug-likeness (QED) is 0.534. The summed E-state index contributed by atoms with van der Waals surface area (Å²) in [6.07, 6.45) is 4.83. The third kappa shape index (κ3) is 5.71. The highest BCUT2D eigenvalue weighted by atomic mass is 35.5. The van der Waals surface area contributed by atoms with E-state index in [1.54, 1.807) is 0 Å². The first-order chi connectivity index (χ1) is 13.1. The average molecular weight is 405 g/mol. The molecular formula is C23H30Cl2N2. The Labute approximate surface area is 174 Å². The van der Waals surface area contributed by atoms with Crippen LogP contribution in [0.25, 0.3) is 0 Å². The Bertz CT molecular complexity index is 712. The molecule has 3 rings (SSSR count). The van der Waals surface area contributed by atoms with Gasteiger partial charge < -0.3 is 0 Å². The molecule has 2 nitrogen and oxygen atoms in total. The topological polar surface area (TPSA) is 6.48 Å². The van der Waals surface area contributed by atoms with Crippen molar-refractivity contribution in [2.75, 3.05) is 26.7 Å². The zero-order valence-corrected chi connectivity index (χ0v) is 17.9. The second kappa shape index (κ2) is 9.93. The van der Waals surface area contributed by atoms with Crippen LogP contribution in [0.1, 0.15) is 43.2 Å². The van der Waals surface area contributed by atoms with Gasteiger partial charge in [0.05, 0.1) is 10.0 Å². The van der Waals surface area contributed by atoms with Crippen molar-refractivity contribution in [2.45, 2.75) is 38.5 Å². The fraction of sp³-hybridized carbons (Fsp3) is 0.478. The lowest BCUT2D eigenvalue weighted by Gasteiger charge is -2.39. The van der Waals surface area contributed by atoms with Gasteiger partial charge in [0.1, 0.15) is 0 Å². The minimum Gasteiger partial charge on any atom is -0.244 e. The van der Waals surface area contributed by atoms with Gasteiger partial charge in [0.15, 0.2) is 0 Å². The minimum absolute atomic E-state index is 0.465. The van der Waals surface area contributed by atoms with Crippen molar-refractivity contribution in [3.63, 3.8) is 0 Å². The summed E-state index contributed by atoms with van der Waals surface area (Å²) < 4.78 is 0. The molecule has 0 amide bonds. The maximum Gasteiger partial charge on any atom is 0.0595 e. The average Bonchev–Trinajstić information content (AvgIpc) is 2.69. The van der Waals surface area contributed by atoms with Crippen molar-refractivity contribution in [1.29, 1.82) is 0 Å². The summed E-state index contributed by atoms with van der Waals surface area (Å²) in [6, 6.07) is 16.9. The van der Waals surface area contributed by atoms with E-state index in [1.165, 1.54) is 30.4 Å². The molecule has 146 valence electrons. The molecule has 0 saturated carbocycles. The second-order valence-electron chi connectivity index (χ2n) is 7.71. The Morgan fingerprint density at radius 2 is 1.74 bits per heavy atom. The largest absolute Gasteiger partial charge is 0.244 e. The summed E-state index contributed by atoms with van der Waals surface area (Å²) in [4.78, 5) is 0. The number of hydrogen-bond acceptors (Lipinski definition) is 2. The van der Waals surface area contributed by atoms with Crippen LogP contribution in [0.4, 0.5) is 0 Å². The highest BCUT2D eigenvalue weighted by molar-refractivity contribution is 6.42. The first-order valence-electron chi connectivity index (χ1n) is 10.0. The van der Waals surface area contributed by atoms with E-state index in [1.807, 2.05) is 12.1 Å². The van der Waals surface area contributed by atoms with Gasteiger partial charge in [0.2, 0.25) is 0 Å². The van der Waals surface area contributed by atoms with Crippen molar-refractivity contribution in [1.82, 2.24) is 10.0 Å². The monoisotopic (exact) mass is 404 g/mol. The third-order valence-electron chi connectivity index (χ3n) is 5.83. The molecule has 1 fully saturated rings. The summed E-state index contributed by atoms with van der Waals surface area (Å²) in [5.41, 5.74) is 2.74. The number of hydrazine groups is 1. The maximum absolute atomic E-state index is 6.23. The van der Waals surface area contributed by atoms with Crippen LogP contribution in [0.3, 0.4) is 0 Å². The van der Waals surface area contributed by atoms with Crippen molar-refractivity contribution in [3.8, 4) is 0 Å². The predicted molar refractivity (Wildman–Crippen MR) is 117 cm³/mol. The molecule has 0 N–H and O–H groups in total. The summed E-state index contributed by atoms with van der Waals surface area (Å²) in [5, 5.41) is 6.21. The lowest BCUT2D eigenvalue weighted by molar-refractivity contribution is -0.0323. The number of rotatable bonds is 7. The molecule has 1 atom stereocenters. The van der Waals surface area contributed by atoms with E-state index in [9.17, 15) is 0 Å². The molecule has 4 heteroatoms. The molecule has 1 unspecified atom stereocenters. The number of likely N-dealkylation sites (N-methyl/N-ethyl adjacent to an activating group) is 1. The molecule has 0 radical (unpaired) electrons. The molecular weight excluding hydrogens is 375 g/mol. The second-order valence-corrected chi connectivity index (χ2v) is 8.52. The fourth-order valence-electron chi connectivity index (χ4n) is 4.08. The predicted octanol–water partition coefficient (Wildman–Crippen LogP) is 6.29. The zero-order valence-electron chi connectivity index (χ0n) is 16.4. The molecule has 2 aromatic carbocycles. The van der Waals surface area contributed by atoms with E-state index in [-0.39, 0.29) is 0 Å². The van der Waals surface area contributed by atoms with E-state index in [4.69, 9.17) is 23.2 Å². The lowest BCUT2D eigenvalue weighted by atomic mass is 9.90. The van der Waals surface area contributed by atoms with Gasteiger partial charge in [-0.3, -0.25) is 0 Å². The molecule has 2 aromatic rings. The summed E-state index contributed by atoms with van der Waals surface area (Å²) >= 11 is 12.3.